The second-order valence-electron chi connectivity index (χ2n) is 12.2. The molecular weight excluding hydrogens is 516 g/mol. The van der Waals surface area contributed by atoms with E-state index in [1.54, 1.807) is 26.4 Å². The molecule has 9 heteroatoms. The molecule has 0 amide bonds. The highest BCUT2D eigenvalue weighted by atomic mass is 16.6. The second kappa shape index (κ2) is 10.6. The van der Waals surface area contributed by atoms with Crippen LogP contribution in [0.2, 0.25) is 0 Å². The number of allylic oxidation sites excluding steroid dienone is 2. The average molecular weight is 557 g/mol. The van der Waals surface area contributed by atoms with Crippen molar-refractivity contribution in [3.63, 3.8) is 0 Å². The summed E-state index contributed by atoms with van der Waals surface area (Å²) in [6.07, 6.45) is 4.75. The maximum absolute atomic E-state index is 13.0. The van der Waals surface area contributed by atoms with Crippen LogP contribution in [-0.4, -0.2) is 48.8 Å². The van der Waals surface area contributed by atoms with E-state index in [1.807, 2.05) is 13.0 Å². The lowest BCUT2D eigenvalue weighted by Crippen LogP contribution is -2.57. The molecule has 40 heavy (non-hydrogen) atoms. The number of esters is 4. The van der Waals surface area contributed by atoms with Gasteiger partial charge in [0.25, 0.3) is 0 Å². The number of carbonyl (C=O) groups excluding carboxylic acids is 4. The zero-order valence-corrected chi connectivity index (χ0v) is 24.4. The molecule has 9 nitrogen and oxygen atoms in total. The number of hydrogen-bond donors (Lipinski definition) is 0. The third kappa shape index (κ3) is 4.88. The monoisotopic (exact) mass is 556 g/mol. The maximum atomic E-state index is 13.0. The Morgan fingerprint density at radius 1 is 1.05 bits per heavy atom. The predicted molar refractivity (Wildman–Crippen MR) is 144 cm³/mol. The Bertz CT molecular complexity index is 1230. The average Bonchev–Trinajstić information content (AvgIpc) is 3.49. The predicted octanol–water partition coefficient (Wildman–Crippen LogP) is 5.05. The van der Waals surface area contributed by atoms with Gasteiger partial charge in [-0.25, -0.2) is 0 Å². The van der Waals surface area contributed by atoms with Gasteiger partial charge in [0.15, 0.2) is 0 Å². The van der Waals surface area contributed by atoms with Crippen molar-refractivity contribution in [2.75, 3.05) is 7.11 Å². The Hall–Kier alpha value is -3.36. The smallest absolute Gasteiger partial charge is 0.310 e. The first-order valence-corrected chi connectivity index (χ1v) is 13.7. The lowest BCUT2D eigenvalue weighted by Gasteiger charge is -2.56. The zero-order valence-electron chi connectivity index (χ0n) is 24.4. The normalized spacial score (nSPS) is 35.1. The highest BCUT2D eigenvalue weighted by Gasteiger charge is 2.64. The first-order chi connectivity index (χ1) is 18.7. The van der Waals surface area contributed by atoms with E-state index >= 15 is 0 Å². The van der Waals surface area contributed by atoms with Gasteiger partial charge in [-0.05, 0) is 55.4 Å². The number of carbonyl (C=O) groups is 4. The molecule has 7 unspecified atom stereocenters. The highest BCUT2D eigenvalue weighted by Crippen LogP contribution is 2.65. The van der Waals surface area contributed by atoms with Crippen molar-refractivity contribution in [3.05, 3.63) is 48.0 Å². The summed E-state index contributed by atoms with van der Waals surface area (Å²) in [4.78, 5) is 50.6. The molecule has 0 aromatic carbocycles. The van der Waals surface area contributed by atoms with E-state index in [0.29, 0.717) is 12.8 Å². The van der Waals surface area contributed by atoms with E-state index in [1.165, 1.54) is 21.0 Å². The molecule has 0 radical (unpaired) electrons. The van der Waals surface area contributed by atoms with E-state index in [0.717, 1.165) is 16.7 Å². The molecule has 1 saturated heterocycles. The number of rotatable bonds is 6. The minimum Gasteiger partial charge on any atom is -0.472 e. The molecule has 1 aromatic rings. The van der Waals surface area contributed by atoms with Crippen LogP contribution in [0.5, 0.6) is 0 Å². The molecule has 1 aliphatic heterocycles. The summed E-state index contributed by atoms with van der Waals surface area (Å²) in [5.41, 5.74) is 0.0175. The van der Waals surface area contributed by atoms with Crippen molar-refractivity contribution in [1.29, 1.82) is 0 Å². The van der Waals surface area contributed by atoms with E-state index in [2.05, 4.69) is 19.6 Å². The van der Waals surface area contributed by atoms with E-state index in [-0.39, 0.29) is 18.8 Å². The highest BCUT2D eigenvalue weighted by molar-refractivity contribution is 5.74. The van der Waals surface area contributed by atoms with Gasteiger partial charge in [0, 0.05) is 36.5 Å². The number of hydrogen-bond acceptors (Lipinski definition) is 9. The van der Waals surface area contributed by atoms with Crippen molar-refractivity contribution >= 4 is 23.9 Å². The summed E-state index contributed by atoms with van der Waals surface area (Å²) in [6, 6.07) is 1.92. The van der Waals surface area contributed by atoms with Gasteiger partial charge in [-0.15, -0.1) is 0 Å². The van der Waals surface area contributed by atoms with Crippen LogP contribution >= 0.6 is 0 Å². The molecule has 1 saturated carbocycles. The molecule has 2 heterocycles. The van der Waals surface area contributed by atoms with E-state index in [4.69, 9.17) is 23.4 Å². The second-order valence-corrected chi connectivity index (χ2v) is 12.2. The fourth-order valence-corrected chi connectivity index (χ4v) is 7.81. The van der Waals surface area contributed by atoms with Gasteiger partial charge in [-0.3, -0.25) is 19.2 Å². The molecule has 7 atom stereocenters. The van der Waals surface area contributed by atoms with Gasteiger partial charge in [-0.2, -0.15) is 0 Å². The SMILES string of the molecule is C=C1C2=CCC(c3ccoc3)C2(C)C(OC(C)=O)CC1C1(C)C(OC(C)=O)CC(=O)OC(C)(C)C1CC(=O)OC. The van der Waals surface area contributed by atoms with Crippen molar-refractivity contribution in [1.82, 2.24) is 0 Å². The van der Waals surface area contributed by atoms with Crippen LogP contribution in [0, 0.1) is 22.7 Å². The first-order valence-electron chi connectivity index (χ1n) is 13.7. The topological polar surface area (TPSA) is 118 Å². The third-order valence-electron chi connectivity index (χ3n) is 9.67. The van der Waals surface area contributed by atoms with Crippen molar-refractivity contribution in [2.24, 2.45) is 22.7 Å². The molecule has 4 rings (SSSR count). The fraction of sp³-hybridized carbons (Fsp3) is 0.613. The number of methoxy groups -OCH3 is 1. The minimum absolute atomic E-state index is 0.0123. The fourth-order valence-electron chi connectivity index (χ4n) is 7.81. The van der Waals surface area contributed by atoms with Gasteiger partial charge in [0.1, 0.15) is 17.8 Å². The van der Waals surface area contributed by atoms with Crippen LogP contribution in [0.25, 0.3) is 0 Å². The molecule has 0 bridgehead atoms. The Kier molecular flexibility index (Phi) is 7.82. The Labute approximate surface area is 235 Å². The standard InChI is InChI=1S/C31H40O9/c1-17-21-9-10-22(20-11-12-37-16-20)30(21,6)25(38-18(2)32)13-23(17)31(7)24(14-27(34)36-8)29(4,5)40-28(35)15-26(31)39-19(3)33/h9,11-12,16,22-26H,1,10,13-15H2,2-8H3. The van der Waals surface area contributed by atoms with Crippen LogP contribution in [0.15, 0.2) is 46.8 Å². The lowest BCUT2D eigenvalue weighted by molar-refractivity contribution is -0.176. The van der Waals surface area contributed by atoms with Gasteiger partial charge in [0.05, 0.1) is 32.5 Å². The van der Waals surface area contributed by atoms with Crippen LogP contribution in [0.1, 0.15) is 78.7 Å². The molecule has 2 aliphatic carbocycles. The summed E-state index contributed by atoms with van der Waals surface area (Å²) in [7, 11) is 1.31. The van der Waals surface area contributed by atoms with Crippen LogP contribution in [0.3, 0.4) is 0 Å². The van der Waals surface area contributed by atoms with Crippen molar-refractivity contribution < 1.29 is 42.5 Å². The minimum atomic E-state index is -1.11. The van der Waals surface area contributed by atoms with E-state index < -0.39 is 64.4 Å². The Balaban J connectivity index is 1.90. The summed E-state index contributed by atoms with van der Waals surface area (Å²) < 4.78 is 28.2. The summed E-state index contributed by atoms with van der Waals surface area (Å²) >= 11 is 0. The number of ether oxygens (including phenoxy) is 4. The number of cyclic esters (lactones) is 1. The van der Waals surface area contributed by atoms with Crippen LogP contribution in [0.4, 0.5) is 0 Å². The molecule has 0 N–H and O–H groups in total. The zero-order chi connectivity index (χ0) is 29.6. The molecule has 0 spiro atoms. The summed E-state index contributed by atoms with van der Waals surface area (Å²) in [5.74, 6) is -3.05. The summed E-state index contributed by atoms with van der Waals surface area (Å²) in [6.45, 7) is 14.8. The maximum Gasteiger partial charge on any atom is 0.310 e. The number of furan rings is 1. The quantitative estimate of drug-likeness (QED) is 0.350. The van der Waals surface area contributed by atoms with Crippen molar-refractivity contribution in [3.8, 4) is 0 Å². The third-order valence-corrected chi connectivity index (χ3v) is 9.67. The van der Waals surface area contributed by atoms with E-state index in [9.17, 15) is 19.2 Å². The number of fused-ring (bicyclic) bond motifs is 1. The largest absolute Gasteiger partial charge is 0.472 e. The van der Waals surface area contributed by atoms with Gasteiger partial charge in [-0.1, -0.05) is 26.5 Å². The van der Waals surface area contributed by atoms with Crippen molar-refractivity contribution in [2.45, 2.75) is 91.0 Å². The molecule has 218 valence electrons. The Morgan fingerprint density at radius 3 is 2.27 bits per heavy atom. The van der Waals surface area contributed by atoms with Gasteiger partial charge in [0.2, 0.25) is 0 Å². The lowest BCUT2D eigenvalue weighted by atomic mass is 9.50. The summed E-state index contributed by atoms with van der Waals surface area (Å²) in [5, 5.41) is 0. The molecule has 1 aromatic heterocycles. The van der Waals surface area contributed by atoms with Gasteiger partial charge < -0.3 is 23.4 Å². The first kappa shape index (κ1) is 29.6. The Morgan fingerprint density at radius 2 is 1.70 bits per heavy atom. The molecule has 2 fully saturated rings. The molecular formula is C31H40O9. The van der Waals surface area contributed by atoms with Crippen LogP contribution in [-0.2, 0) is 38.1 Å². The van der Waals surface area contributed by atoms with Crippen LogP contribution < -0.4 is 0 Å². The van der Waals surface area contributed by atoms with Gasteiger partial charge >= 0.3 is 23.9 Å². The molecule has 3 aliphatic rings.